The van der Waals surface area contributed by atoms with Gasteiger partial charge in [-0.3, -0.25) is 0 Å². The third kappa shape index (κ3) is 3.23. The Bertz CT molecular complexity index is 335. The molecule has 1 aliphatic carbocycles. The lowest BCUT2D eigenvalue weighted by atomic mass is 10.1. The fraction of sp³-hybridized carbons (Fsp3) is 0.818. The minimum Gasteiger partial charge on any atom is -0.501 e. The number of rotatable bonds is 3. The Labute approximate surface area is 91.4 Å². The molecule has 1 unspecified atom stereocenters. The fourth-order valence-corrected chi connectivity index (χ4v) is 4.09. The molecule has 4 heteroatoms. The second-order valence-corrected chi connectivity index (χ2v) is 6.81. The van der Waals surface area contributed by atoms with Gasteiger partial charge in [-0.15, -0.1) is 0 Å². The van der Waals surface area contributed by atoms with Gasteiger partial charge in [0.05, 0.1) is 24.4 Å². The van der Waals surface area contributed by atoms with Crippen molar-refractivity contribution in [1.82, 2.24) is 0 Å². The van der Waals surface area contributed by atoms with E-state index in [1.165, 1.54) is 18.4 Å². The molecule has 0 bridgehead atoms. The second kappa shape index (κ2) is 4.56. The van der Waals surface area contributed by atoms with Gasteiger partial charge in [-0.1, -0.05) is 0 Å². The summed E-state index contributed by atoms with van der Waals surface area (Å²) in [6.07, 6.45) is 7.48. The third-order valence-corrected chi connectivity index (χ3v) is 4.99. The molecule has 2 aliphatic rings. The third-order valence-electron chi connectivity index (χ3n) is 3.15. The summed E-state index contributed by atoms with van der Waals surface area (Å²) in [5.74, 6) is 0.876. The van der Waals surface area contributed by atoms with Crippen LogP contribution in [0.2, 0.25) is 0 Å². The normalized spacial score (nSPS) is 29.3. The molecule has 0 aromatic carbocycles. The lowest BCUT2D eigenvalue weighted by molar-refractivity contribution is 0.203. The second-order valence-electron chi connectivity index (χ2n) is 4.59. The van der Waals surface area contributed by atoms with Crippen molar-refractivity contribution in [2.45, 2.75) is 32.1 Å². The van der Waals surface area contributed by atoms with Gasteiger partial charge in [0.25, 0.3) is 0 Å². The highest BCUT2D eigenvalue weighted by molar-refractivity contribution is 7.91. The van der Waals surface area contributed by atoms with Gasteiger partial charge in [-0.2, -0.15) is 0 Å². The van der Waals surface area contributed by atoms with Crippen LogP contribution in [0.1, 0.15) is 32.1 Å². The Morgan fingerprint density at radius 1 is 1.33 bits per heavy atom. The van der Waals surface area contributed by atoms with E-state index in [0.717, 1.165) is 19.3 Å². The van der Waals surface area contributed by atoms with Crippen LogP contribution in [0, 0.1) is 5.92 Å². The molecule has 1 saturated carbocycles. The van der Waals surface area contributed by atoms with E-state index in [1.807, 2.05) is 6.26 Å². The first-order chi connectivity index (χ1) is 7.16. The molecule has 1 saturated heterocycles. The highest BCUT2D eigenvalue weighted by Gasteiger charge is 2.27. The molecule has 3 nitrogen and oxygen atoms in total. The van der Waals surface area contributed by atoms with E-state index in [1.54, 1.807) is 0 Å². The maximum atomic E-state index is 11.2. The highest BCUT2D eigenvalue weighted by atomic mass is 32.2. The number of allylic oxidation sites excluding steroid dienone is 1. The van der Waals surface area contributed by atoms with Crippen LogP contribution >= 0.6 is 0 Å². The van der Waals surface area contributed by atoms with Gasteiger partial charge < -0.3 is 4.74 Å². The summed E-state index contributed by atoms with van der Waals surface area (Å²) in [5, 5.41) is 0. The number of sulfone groups is 1. The SMILES string of the molecule is O=S1(=O)CCC(COC=C2CCCC2)C1. The summed E-state index contributed by atoms with van der Waals surface area (Å²) in [7, 11) is -2.75. The first-order valence-corrected chi connectivity index (χ1v) is 7.48. The predicted octanol–water partition coefficient (Wildman–Crippen LogP) is 1.90. The molecule has 0 aromatic heterocycles. The van der Waals surface area contributed by atoms with Crippen molar-refractivity contribution in [3.8, 4) is 0 Å². The van der Waals surface area contributed by atoms with Gasteiger partial charge in [0.2, 0.25) is 0 Å². The lowest BCUT2D eigenvalue weighted by Crippen LogP contribution is -2.09. The van der Waals surface area contributed by atoms with Gasteiger partial charge in [0, 0.05) is 5.92 Å². The van der Waals surface area contributed by atoms with E-state index < -0.39 is 9.84 Å². The predicted molar refractivity (Wildman–Crippen MR) is 59.3 cm³/mol. The lowest BCUT2D eigenvalue weighted by Gasteiger charge is -2.07. The van der Waals surface area contributed by atoms with Crippen molar-refractivity contribution in [2.24, 2.45) is 5.92 Å². The van der Waals surface area contributed by atoms with Crippen LogP contribution in [0.3, 0.4) is 0 Å². The van der Waals surface area contributed by atoms with Crippen molar-refractivity contribution in [3.05, 3.63) is 11.8 Å². The molecule has 0 aromatic rings. The highest BCUT2D eigenvalue weighted by Crippen LogP contribution is 2.24. The van der Waals surface area contributed by atoms with E-state index in [4.69, 9.17) is 4.74 Å². The minimum absolute atomic E-state index is 0.216. The van der Waals surface area contributed by atoms with Crippen molar-refractivity contribution in [3.63, 3.8) is 0 Å². The van der Waals surface area contributed by atoms with Crippen LogP contribution in [0.5, 0.6) is 0 Å². The maximum Gasteiger partial charge on any atom is 0.150 e. The first kappa shape index (κ1) is 11.0. The van der Waals surface area contributed by atoms with E-state index in [-0.39, 0.29) is 5.92 Å². The van der Waals surface area contributed by atoms with Crippen molar-refractivity contribution in [2.75, 3.05) is 18.1 Å². The minimum atomic E-state index is -2.75. The van der Waals surface area contributed by atoms with E-state index in [0.29, 0.717) is 18.1 Å². The molecule has 1 heterocycles. The van der Waals surface area contributed by atoms with Gasteiger partial charge in [-0.05, 0) is 37.7 Å². The van der Waals surface area contributed by atoms with Crippen LogP contribution in [0.15, 0.2) is 11.8 Å². The quantitative estimate of drug-likeness (QED) is 0.695. The van der Waals surface area contributed by atoms with Crippen molar-refractivity contribution < 1.29 is 13.2 Å². The number of ether oxygens (including phenoxy) is 1. The summed E-state index contributed by atoms with van der Waals surface area (Å²) in [4.78, 5) is 0. The fourth-order valence-electron chi connectivity index (χ4n) is 2.25. The molecule has 1 aliphatic heterocycles. The zero-order chi connectivity index (χ0) is 10.7. The molecule has 2 fully saturated rings. The molecule has 0 radical (unpaired) electrons. The summed E-state index contributed by atoms with van der Waals surface area (Å²) < 4.78 is 27.8. The van der Waals surface area contributed by atoms with Crippen LogP contribution in [-0.2, 0) is 14.6 Å². The zero-order valence-corrected chi connectivity index (χ0v) is 9.76. The molecular weight excluding hydrogens is 212 g/mol. The zero-order valence-electron chi connectivity index (χ0n) is 8.94. The molecule has 0 spiro atoms. The molecular formula is C11H18O3S. The first-order valence-electron chi connectivity index (χ1n) is 5.66. The Kier molecular flexibility index (Phi) is 3.34. The van der Waals surface area contributed by atoms with Crippen LogP contribution < -0.4 is 0 Å². The molecule has 1 atom stereocenters. The summed E-state index contributed by atoms with van der Waals surface area (Å²) in [6, 6.07) is 0. The van der Waals surface area contributed by atoms with Gasteiger partial charge in [0.15, 0.2) is 9.84 Å². The van der Waals surface area contributed by atoms with Crippen LogP contribution in [0.25, 0.3) is 0 Å². The Morgan fingerprint density at radius 3 is 2.67 bits per heavy atom. The largest absolute Gasteiger partial charge is 0.501 e. The summed E-state index contributed by atoms with van der Waals surface area (Å²) in [5.41, 5.74) is 1.39. The van der Waals surface area contributed by atoms with E-state index >= 15 is 0 Å². The van der Waals surface area contributed by atoms with Crippen molar-refractivity contribution in [1.29, 1.82) is 0 Å². The van der Waals surface area contributed by atoms with Gasteiger partial charge in [0.1, 0.15) is 0 Å². The Balaban J connectivity index is 1.73. The van der Waals surface area contributed by atoms with Crippen molar-refractivity contribution >= 4 is 9.84 Å². The summed E-state index contributed by atoms with van der Waals surface area (Å²) in [6.45, 7) is 0.572. The molecule has 2 rings (SSSR count). The van der Waals surface area contributed by atoms with Gasteiger partial charge in [-0.25, -0.2) is 8.42 Å². The van der Waals surface area contributed by atoms with Crippen LogP contribution in [0.4, 0.5) is 0 Å². The van der Waals surface area contributed by atoms with Crippen LogP contribution in [-0.4, -0.2) is 26.5 Å². The molecule has 15 heavy (non-hydrogen) atoms. The average molecular weight is 230 g/mol. The average Bonchev–Trinajstić information content (AvgIpc) is 2.76. The molecule has 86 valence electrons. The molecule has 0 amide bonds. The topological polar surface area (TPSA) is 43.4 Å². The maximum absolute atomic E-state index is 11.2. The number of hydrogen-bond donors (Lipinski definition) is 0. The summed E-state index contributed by atoms with van der Waals surface area (Å²) >= 11 is 0. The standard InChI is InChI=1S/C11H18O3S/c12-15(13)6-5-11(9-15)8-14-7-10-3-1-2-4-10/h7,11H,1-6,8-9H2. The van der Waals surface area contributed by atoms with E-state index in [2.05, 4.69) is 0 Å². The Morgan fingerprint density at radius 2 is 2.07 bits per heavy atom. The Hall–Kier alpha value is -0.510. The molecule has 0 N–H and O–H groups in total. The monoisotopic (exact) mass is 230 g/mol. The smallest absolute Gasteiger partial charge is 0.150 e. The number of hydrogen-bond acceptors (Lipinski definition) is 3. The van der Waals surface area contributed by atoms with E-state index in [9.17, 15) is 8.42 Å². The van der Waals surface area contributed by atoms with Gasteiger partial charge >= 0.3 is 0 Å².